The largest absolute Gasteiger partial charge is 0.356 e. The van der Waals surface area contributed by atoms with Gasteiger partial charge in [-0.15, -0.1) is 0 Å². The number of nitrogens with one attached hydrogen (secondary N) is 3. The number of benzene rings is 1. The minimum Gasteiger partial charge on any atom is -0.356 e. The number of hydrogen-bond acceptors (Lipinski definition) is 2. The summed E-state index contributed by atoms with van der Waals surface area (Å²) < 4.78 is 0. The van der Waals surface area contributed by atoms with Gasteiger partial charge in [-0.3, -0.25) is 9.79 Å². The van der Waals surface area contributed by atoms with E-state index in [1.54, 1.807) is 0 Å². The van der Waals surface area contributed by atoms with Gasteiger partial charge in [0.25, 0.3) is 0 Å². The molecule has 5 nitrogen and oxygen atoms in total. The Kier molecular flexibility index (Phi) is 4.40. The van der Waals surface area contributed by atoms with E-state index in [9.17, 15) is 4.79 Å². The smallest absolute Gasteiger partial charge is 0.225 e. The molecule has 3 N–H and O–H groups in total. The molecule has 1 aromatic carbocycles. The Bertz CT molecular complexity index is 676. The SMILES string of the molecule is CN=C(NCC1CC(=O)Nc2ccccc21)NCC1(C2CC2)CCC1. The minimum atomic E-state index is 0.0931. The lowest BCUT2D eigenvalue weighted by atomic mass is 9.65. The van der Waals surface area contributed by atoms with Crippen LogP contribution in [0.5, 0.6) is 0 Å². The molecule has 0 radical (unpaired) electrons. The zero-order valence-electron chi connectivity index (χ0n) is 15.0. The number of nitrogens with zero attached hydrogens (tertiary/aromatic N) is 1. The monoisotopic (exact) mass is 340 g/mol. The highest BCUT2D eigenvalue weighted by molar-refractivity contribution is 5.94. The molecule has 1 atom stereocenters. The van der Waals surface area contributed by atoms with Crippen molar-refractivity contribution in [3.05, 3.63) is 29.8 Å². The molecule has 3 aliphatic rings. The maximum Gasteiger partial charge on any atom is 0.225 e. The highest BCUT2D eigenvalue weighted by Crippen LogP contribution is 2.56. The van der Waals surface area contributed by atoms with Crippen LogP contribution in [0, 0.1) is 11.3 Å². The lowest BCUT2D eigenvalue weighted by Gasteiger charge is -2.43. The van der Waals surface area contributed by atoms with Gasteiger partial charge in [-0.2, -0.15) is 0 Å². The first kappa shape index (κ1) is 16.4. The second-order valence-electron chi connectivity index (χ2n) is 7.83. The number of amides is 1. The normalized spacial score (nSPS) is 24.8. The fraction of sp³-hybridized carbons (Fsp3) is 0.600. The first-order valence-electron chi connectivity index (χ1n) is 9.53. The summed E-state index contributed by atoms with van der Waals surface area (Å²) in [4.78, 5) is 16.3. The molecule has 4 rings (SSSR count). The van der Waals surface area contributed by atoms with Gasteiger partial charge in [0.15, 0.2) is 5.96 Å². The van der Waals surface area contributed by atoms with Gasteiger partial charge in [0.05, 0.1) is 0 Å². The molecule has 2 fully saturated rings. The maximum atomic E-state index is 12.0. The van der Waals surface area contributed by atoms with Crippen molar-refractivity contribution >= 4 is 17.6 Å². The number of anilines is 1. The van der Waals surface area contributed by atoms with E-state index in [-0.39, 0.29) is 11.8 Å². The predicted octanol–water partition coefficient (Wildman–Crippen LogP) is 2.86. The molecule has 2 aliphatic carbocycles. The van der Waals surface area contributed by atoms with Crippen molar-refractivity contribution in [1.82, 2.24) is 10.6 Å². The Labute approximate surface area is 149 Å². The zero-order chi connectivity index (χ0) is 17.3. The van der Waals surface area contributed by atoms with Crippen LogP contribution in [0.1, 0.15) is 50.0 Å². The van der Waals surface area contributed by atoms with Crippen molar-refractivity contribution in [2.45, 2.75) is 44.4 Å². The van der Waals surface area contributed by atoms with Crippen molar-refractivity contribution in [2.75, 3.05) is 25.5 Å². The van der Waals surface area contributed by atoms with E-state index in [4.69, 9.17) is 0 Å². The molecule has 0 spiro atoms. The summed E-state index contributed by atoms with van der Waals surface area (Å²) in [6.07, 6.45) is 7.42. The molecular weight excluding hydrogens is 312 g/mol. The Balaban J connectivity index is 1.34. The van der Waals surface area contributed by atoms with Crippen LogP contribution < -0.4 is 16.0 Å². The number of aliphatic imine (C=N–C) groups is 1. The number of guanidine groups is 1. The van der Waals surface area contributed by atoms with E-state index in [1.165, 1.54) is 37.7 Å². The summed E-state index contributed by atoms with van der Waals surface area (Å²) in [5, 5.41) is 9.94. The van der Waals surface area contributed by atoms with Crippen LogP contribution in [0.3, 0.4) is 0 Å². The molecule has 2 saturated carbocycles. The van der Waals surface area contributed by atoms with Crippen LogP contribution in [0.4, 0.5) is 5.69 Å². The summed E-state index contributed by atoms with van der Waals surface area (Å²) in [5.74, 6) is 2.07. The molecule has 1 heterocycles. The van der Waals surface area contributed by atoms with Crippen LogP contribution in [0.25, 0.3) is 0 Å². The predicted molar refractivity (Wildman–Crippen MR) is 101 cm³/mol. The highest BCUT2D eigenvalue weighted by atomic mass is 16.1. The Morgan fingerprint density at radius 3 is 2.76 bits per heavy atom. The third-order valence-corrected chi connectivity index (χ3v) is 6.25. The molecule has 0 aromatic heterocycles. The second kappa shape index (κ2) is 6.70. The number of carbonyl (C=O) groups excluding carboxylic acids is 1. The van der Waals surface area contributed by atoms with Crippen LogP contribution in [0.15, 0.2) is 29.3 Å². The Morgan fingerprint density at radius 1 is 1.28 bits per heavy atom. The van der Waals surface area contributed by atoms with Crippen LogP contribution in [-0.4, -0.2) is 32.0 Å². The molecule has 0 bridgehead atoms. The van der Waals surface area contributed by atoms with Gasteiger partial charge in [-0.1, -0.05) is 24.6 Å². The fourth-order valence-electron chi connectivity index (χ4n) is 4.44. The lowest BCUT2D eigenvalue weighted by Crippen LogP contribution is -2.48. The van der Waals surface area contributed by atoms with Crippen molar-refractivity contribution in [2.24, 2.45) is 16.3 Å². The molecule has 134 valence electrons. The first-order valence-corrected chi connectivity index (χ1v) is 9.53. The molecule has 0 saturated heterocycles. The Hall–Kier alpha value is -2.04. The minimum absolute atomic E-state index is 0.0931. The van der Waals surface area contributed by atoms with Crippen LogP contribution >= 0.6 is 0 Å². The number of para-hydroxylation sites is 1. The Morgan fingerprint density at radius 2 is 2.08 bits per heavy atom. The van der Waals surface area contributed by atoms with Gasteiger partial charge in [-0.25, -0.2) is 0 Å². The average molecular weight is 340 g/mol. The molecule has 5 heteroatoms. The molecule has 1 amide bonds. The zero-order valence-corrected chi connectivity index (χ0v) is 15.0. The topological polar surface area (TPSA) is 65.5 Å². The number of hydrogen-bond donors (Lipinski definition) is 3. The van der Waals surface area contributed by atoms with E-state index in [0.717, 1.165) is 30.7 Å². The molecule has 1 unspecified atom stereocenters. The second-order valence-corrected chi connectivity index (χ2v) is 7.83. The molecule has 1 aromatic rings. The molecule has 1 aliphatic heterocycles. The van der Waals surface area contributed by atoms with E-state index in [0.29, 0.717) is 11.8 Å². The fourth-order valence-corrected chi connectivity index (χ4v) is 4.44. The third kappa shape index (κ3) is 3.37. The number of carbonyl (C=O) groups is 1. The van der Waals surface area contributed by atoms with Crippen molar-refractivity contribution in [3.63, 3.8) is 0 Å². The van der Waals surface area contributed by atoms with Crippen LogP contribution in [-0.2, 0) is 4.79 Å². The molecule has 25 heavy (non-hydrogen) atoms. The van der Waals surface area contributed by atoms with E-state index in [2.05, 4.69) is 27.0 Å². The van der Waals surface area contributed by atoms with Crippen molar-refractivity contribution in [1.29, 1.82) is 0 Å². The van der Waals surface area contributed by atoms with Gasteiger partial charge < -0.3 is 16.0 Å². The van der Waals surface area contributed by atoms with Crippen molar-refractivity contribution < 1.29 is 4.79 Å². The summed E-state index contributed by atoms with van der Waals surface area (Å²) >= 11 is 0. The quantitative estimate of drug-likeness (QED) is 0.570. The van der Waals surface area contributed by atoms with Crippen molar-refractivity contribution in [3.8, 4) is 0 Å². The average Bonchev–Trinajstić information content (AvgIpc) is 3.41. The number of rotatable bonds is 5. The highest BCUT2D eigenvalue weighted by Gasteiger charge is 2.48. The summed E-state index contributed by atoms with van der Waals surface area (Å²) in [7, 11) is 1.82. The first-order chi connectivity index (χ1) is 12.2. The lowest BCUT2D eigenvalue weighted by molar-refractivity contribution is -0.116. The number of fused-ring (bicyclic) bond motifs is 1. The standard InChI is InChI=1S/C20H28N4O/c1-21-19(23-13-20(9-4-10-20)15-7-8-15)22-12-14-11-18(25)24-17-6-3-2-5-16(14)17/h2-3,5-6,14-15H,4,7-13H2,1H3,(H,24,25)(H2,21,22,23). The van der Waals surface area contributed by atoms with E-state index in [1.807, 2.05) is 25.2 Å². The summed E-state index contributed by atoms with van der Waals surface area (Å²) in [5.41, 5.74) is 2.67. The van der Waals surface area contributed by atoms with Gasteiger partial charge >= 0.3 is 0 Å². The molecular formula is C20H28N4O. The maximum absolute atomic E-state index is 12.0. The van der Waals surface area contributed by atoms with Gasteiger partial charge in [-0.05, 0) is 48.6 Å². The van der Waals surface area contributed by atoms with Crippen LogP contribution in [0.2, 0.25) is 0 Å². The van der Waals surface area contributed by atoms with E-state index < -0.39 is 0 Å². The van der Waals surface area contributed by atoms with Gasteiger partial charge in [0, 0.05) is 38.2 Å². The van der Waals surface area contributed by atoms with Gasteiger partial charge in [0.2, 0.25) is 5.91 Å². The summed E-state index contributed by atoms with van der Waals surface area (Å²) in [6, 6.07) is 8.08. The van der Waals surface area contributed by atoms with E-state index >= 15 is 0 Å². The van der Waals surface area contributed by atoms with Gasteiger partial charge in [0.1, 0.15) is 0 Å². The summed E-state index contributed by atoms with van der Waals surface area (Å²) in [6.45, 7) is 1.75. The third-order valence-electron chi connectivity index (χ3n) is 6.25.